The largest absolute Gasteiger partial charge is 0.486 e. The lowest BCUT2D eigenvalue weighted by molar-refractivity contribution is -0.157. The number of nitrogens with one attached hydrogen (secondary N) is 1. The van der Waals surface area contributed by atoms with E-state index in [2.05, 4.69) is 0 Å². The van der Waals surface area contributed by atoms with E-state index in [4.69, 9.17) is 19.9 Å². The van der Waals surface area contributed by atoms with Gasteiger partial charge >= 0.3 is 12.0 Å². The minimum Gasteiger partial charge on any atom is -0.486 e. The Balaban J connectivity index is 2.00. The number of carbonyl (C=O) groups is 3. The van der Waals surface area contributed by atoms with Crippen molar-refractivity contribution >= 4 is 17.9 Å². The van der Waals surface area contributed by atoms with Crippen molar-refractivity contribution in [3.05, 3.63) is 23.8 Å². The number of primary amides is 1. The van der Waals surface area contributed by atoms with E-state index in [-0.39, 0.29) is 12.3 Å². The molecule has 1 aliphatic rings. The topological polar surface area (TPSA) is 117 Å². The van der Waals surface area contributed by atoms with Gasteiger partial charge in [0.05, 0.1) is 6.42 Å². The van der Waals surface area contributed by atoms with E-state index in [0.717, 1.165) is 0 Å². The van der Waals surface area contributed by atoms with Gasteiger partial charge in [0.2, 0.25) is 0 Å². The predicted octanol–water partition coefficient (Wildman–Crippen LogP) is 0.763. The van der Waals surface area contributed by atoms with Gasteiger partial charge in [0, 0.05) is 0 Å². The Labute approximate surface area is 139 Å². The molecule has 0 aliphatic carbocycles. The van der Waals surface area contributed by atoms with Crippen LogP contribution < -0.4 is 20.5 Å². The summed E-state index contributed by atoms with van der Waals surface area (Å²) < 4.78 is 16.1. The van der Waals surface area contributed by atoms with Gasteiger partial charge < -0.3 is 19.9 Å². The minimum absolute atomic E-state index is 0.0380. The smallest absolute Gasteiger partial charge is 0.318 e. The summed E-state index contributed by atoms with van der Waals surface area (Å²) in [5, 5.41) is 1.92. The van der Waals surface area contributed by atoms with Crippen molar-refractivity contribution < 1.29 is 28.6 Å². The molecular formula is C16H20N2O6. The van der Waals surface area contributed by atoms with Gasteiger partial charge in [-0.2, -0.15) is 0 Å². The van der Waals surface area contributed by atoms with Crippen LogP contribution >= 0.6 is 0 Å². The molecule has 0 spiro atoms. The Morgan fingerprint density at radius 1 is 1.21 bits per heavy atom. The fourth-order valence-electron chi connectivity index (χ4n) is 2.23. The van der Waals surface area contributed by atoms with Crippen molar-refractivity contribution in [1.29, 1.82) is 0 Å². The predicted molar refractivity (Wildman–Crippen MR) is 83.6 cm³/mol. The standard InChI is InChI=1S/C16H20N2O6/c1-9(2)14(15(20)18-16(17)21)24-13(19)8-10-3-4-11-12(7-10)23-6-5-22-11/h3-4,7,9,14H,5-6,8H2,1-2H3,(H3,17,18,20,21)/t14-/m0/s1. The molecule has 0 saturated carbocycles. The number of rotatable bonds is 5. The lowest BCUT2D eigenvalue weighted by atomic mass is 10.1. The first-order valence-corrected chi connectivity index (χ1v) is 7.55. The van der Waals surface area contributed by atoms with Crippen LogP contribution in [0.2, 0.25) is 0 Å². The maximum absolute atomic E-state index is 12.1. The van der Waals surface area contributed by atoms with E-state index in [0.29, 0.717) is 30.3 Å². The lowest BCUT2D eigenvalue weighted by Gasteiger charge is -2.21. The summed E-state index contributed by atoms with van der Waals surface area (Å²) in [7, 11) is 0. The number of amides is 3. The third kappa shape index (κ3) is 4.61. The van der Waals surface area contributed by atoms with Gasteiger partial charge in [-0.15, -0.1) is 0 Å². The quantitative estimate of drug-likeness (QED) is 0.767. The molecule has 8 nitrogen and oxygen atoms in total. The Hall–Kier alpha value is -2.77. The molecule has 1 aliphatic heterocycles. The highest BCUT2D eigenvalue weighted by atomic mass is 16.6. The summed E-state index contributed by atoms with van der Waals surface area (Å²) in [6.07, 6.45) is -1.13. The molecule has 2 rings (SSSR count). The summed E-state index contributed by atoms with van der Waals surface area (Å²) in [6, 6.07) is 4.15. The SMILES string of the molecule is CC(C)[C@H](OC(=O)Cc1ccc2c(c1)OCCO2)C(=O)NC(N)=O. The van der Waals surface area contributed by atoms with Crippen LogP contribution in [0.15, 0.2) is 18.2 Å². The number of nitrogens with two attached hydrogens (primary N) is 1. The van der Waals surface area contributed by atoms with E-state index >= 15 is 0 Å². The van der Waals surface area contributed by atoms with Crippen molar-refractivity contribution in [2.24, 2.45) is 11.7 Å². The lowest BCUT2D eigenvalue weighted by Crippen LogP contribution is -2.45. The van der Waals surface area contributed by atoms with Crippen molar-refractivity contribution in [2.75, 3.05) is 13.2 Å². The summed E-state index contributed by atoms with van der Waals surface area (Å²) in [4.78, 5) is 34.7. The summed E-state index contributed by atoms with van der Waals surface area (Å²) in [6.45, 7) is 4.33. The first kappa shape index (κ1) is 17.6. The summed E-state index contributed by atoms with van der Waals surface area (Å²) in [5.41, 5.74) is 5.58. The second-order valence-corrected chi connectivity index (χ2v) is 5.66. The Bertz CT molecular complexity index is 643. The second kappa shape index (κ2) is 7.67. The second-order valence-electron chi connectivity index (χ2n) is 5.66. The maximum Gasteiger partial charge on any atom is 0.318 e. The molecule has 0 radical (unpaired) electrons. The minimum atomic E-state index is -1.10. The fourth-order valence-corrected chi connectivity index (χ4v) is 2.23. The van der Waals surface area contributed by atoms with E-state index in [1.165, 1.54) is 0 Å². The van der Waals surface area contributed by atoms with Gasteiger partial charge in [-0.05, 0) is 23.6 Å². The van der Waals surface area contributed by atoms with Crippen LogP contribution in [0.1, 0.15) is 19.4 Å². The van der Waals surface area contributed by atoms with Crippen molar-refractivity contribution in [3.63, 3.8) is 0 Å². The van der Waals surface area contributed by atoms with Crippen molar-refractivity contribution in [2.45, 2.75) is 26.4 Å². The van der Waals surface area contributed by atoms with E-state index < -0.39 is 24.0 Å². The zero-order valence-corrected chi connectivity index (χ0v) is 13.5. The maximum atomic E-state index is 12.1. The highest BCUT2D eigenvalue weighted by Gasteiger charge is 2.27. The first-order chi connectivity index (χ1) is 11.4. The normalized spacial score (nSPS) is 14.0. The van der Waals surface area contributed by atoms with Crippen LogP contribution in [-0.4, -0.2) is 37.2 Å². The number of hydrogen-bond acceptors (Lipinski definition) is 6. The Morgan fingerprint density at radius 3 is 2.50 bits per heavy atom. The van der Waals surface area contributed by atoms with Gasteiger partial charge in [-0.3, -0.25) is 14.9 Å². The first-order valence-electron chi connectivity index (χ1n) is 7.55. The van der Waals surface area contributed by atoms with Gasteiger partial charge in [0.25, 0.3) is 5.91 Å². The molecule has 0 bridgehead atoms. The third-order valence-electron chi connectivity index (χ3n) is 3.32. The Morgan fingerprint density at radius 2 is 1.88 bits per heavy atom. The van der Waals surface area contributed by atoms with Crippen LogP contribution in [0.5, 0.6) is 11.5 Å². The third-order valence-corrected chi connectivity index (χ3v) is 3.32. The van der Waals surface area contributed by atoms with E-state index in [9.17, 15) is 14.4 Å². The van der Waals surface area contributed by atoms with Gasteiger partial charge in [0.1, 0.15) is 13.2 Å². The molecule has 0 aromatic heterocycles. The van der Waals surface area contributed by atoms with Crippen LogP contribution in [0.25, 0.3) is 0 Å². The number of ether oxygens (including phenoxy) is 3. The number of benzene rings is 1. The summed E-state index contributed by atoms with van der Waals surface area (Å²) in [5.74, 6) is -0.454. The van der Waals surface area contributed by atoms with E-state index in [1.807, 2.05) is 5.32 Å². The molecule has 0 unspecified atom stereocenters. The van der Waals surface area contributed by atoms with Gasteiger partial charge in [-0.1, -0.05) is 19.9 Å². The summed E-state index contributed by atoms with van der Waals surface area (Å²) >= 11 is 0. The molecule has 130 valence electrons. The van der Waals surface area contributed by atoms with Crippen LogP contribution in [0.4, 0.5) is 4.79 Å². The number of hydrogen-bond donors (Lipinski definition) is 2. The molecule has 0 saturated heterocycles. The van der Waals surface area contributed by atoms with E-state index in [1.54, 1.807) is 32.0 Å². The van der Waals surface area contributed by atoms with Gasteiger partial charge in [0.15, 0.2) is 17.6 Å². The average Bonchev–Trinajstić information content (AvgIpc) is 2.51. The number of urea groups is 1. The fraction of sp³-hybridized carbons (Fsp3) is 0.438. The highest BCUT2D eigenvalue weighted by molar-refractivity contribution is 5.96. The molecule has 1 atom stereocenters. The van der Waals surface area contributed by atoms with Crippen LogP contribution in [0, 0.1) is 5.92 Å². The highest BCUT2D eigenvalue weighted by Crippen LogP contribution is 2.30. The molecule has 8 heteroatoms. The molecule has 1 heterocycles. The van der Waals surface area contributed by atoms with Crippen LogP contribution in [-0.2, 0) is 20.7 Å². The molecule has 0 fully saturated rings. The molecule has 1 aromatic rings. The monoisotopic (exact) mass is 336 g/mol. The van der Waals surface area contributed by atoms with Crippen molar-refractivity contribution in [1.82, 2.24) is 5.32 Å². The molecule has 3 N–H and O–H groups in total. The number of esters is 1. The van der Waals surface area contributed by atoms with Crippen LogP contribution in [0.3, 0.4) is 0 Å². The molecule has 3 amide bonds. The Kier molecular flexibility index (Phi) is 5.62. The molecular weight excluding hydrogens is 316 g/mol. The number of fused-ring (bicyclic) bond motifs is 1. The average molecular weight is 336 g/mol. The molecule has 1 aromatic carbocycles. The van der Waals surface area contributed by atoms with Crippen molar-refractivity contribution in [3.8, 4) is 11.5 Å². The zero-order chi connectivity index (χ0) is 17.7. The molecule has 24 heavy (non-hydrogen) atoms. The zero-order valence-electron chi connectivity index (χ0n) is 13.5. The number of imide groups is 1. The number of carbonyl (C=O) groups excluding carboxylic acids is 3. The van der Waals surface area contributed by atoms with Gasteiger partial charge in [-0.25, -0.2) is 4.79 Å².